The lowest BCUT2D eigenvalue weighted by atomic mass is 9.82. The first-order valence-corrected chi connectivity index (χ1v) is 7.25. The van der Waals surface area contributed by atoms with Crippen LogP contribution in [0.2, 0.25) is 0 Å². The summed E-state index contributed by atoms with van der Waals surface area (Å²) in [4.78, 5) is 2.61. The van der Waals surface area contributed by atoms with Gasteiger partial charge in [-0.05, 0) is 51.8 Å². The van der Waals surface area contributed by atoms with E-state index in [4.69, 9.17) is 4.42 Å². The molecule has 0 radical (unpaired) electrons. The summed E-state index contributed by atoms with van der Waals surface area (Å²) in [5, 5.41) is 3.75. The minimum absolute atomic E-state index is 0.328. The number of hydrogen-bond donors (Lipinski definition) is 1. The van der Waals surface area contributed by atoms with Crippen LogP contribution in [0, 0.1) is 0 Å². The van der Waals surface area contributed by atoms with E-state index in [1.807, 2.05) is 6.07 Å². The number of furan rings is 1. The van der Waals surface area contributed by atoms with Gasteiger partial charge in [0.1, 0.15) is 5.76 Å². The van der Waals surface area contributed by atoms with Crippen molar-refractivity contribution >= 4 is 0 Å². The molecule has 100 valence electrons. The molecule has 3 unspecified atom stereocenters. The van der Waals surface area contributed by atoms with Gasteiger partial charge in [-0.25, -0.2) is 0 Å². The summed E-state index contributed by atoms with van der Waals surface area (Å²) in [7, 11) is 2.31. The highest BCUT2D eigenvalue weighted by Crippen LogP contribution is 2.33. The molecule has 2 aliphatic heterocycles. The van der Waals surface area contributed by atoms with Crippen molar-refractivity contribution in [3.8, 4) is 0 Å². The average molecular weight is 248 g/mol. The molecule has 0 aromatic carbocycles. The molecule has 1 N–H and O–H groups in total. The molecule has 1 aromatic heterocycles. The number of fused-ring (bicyclic) bond motifs is 2. The van der Waals surface area contributed by atoms with Crippen molar-refractivity contribution in [1.29, 1.82) is 0 Å². The Morgan fingerprint density at radius 2 is 2.06 bits per heavy atom. The molecule has 2 aliphatic rings. The number of nitrogens with zero attached hydrogens (tertiary/aromatic N) is 1. The number of nitrogens with one attached hydrogen (secondary N) is 1. The van der Waals surface area contributed by atoms with E-state index in [2.05, 4.69) is 30.3 Å². The summed E-state index contributed by atoms with van der Waals surface area (Å²) in [5.74, 6) is 1.05. The first-order valence-electron chi connectivity index (χ1n) is 7.25. The van der Waals surface area contributed by atoms with Crippen molar-refractivity contribution in [3.63, 3.8) is 0 Å². The number of piperidine rings is 2. The molecule has 1 aromatic rings. The number of hydrogen-bond acceptors (Lipinski definition) is 3. The van der Waals surface area contributed by atoms with E-state index in [9.17, 15) is 0 Å². The molecular formula is C15H24N2O. The summed E-state index contributed by atoms with van der Waals surface area (Å²) in [5.41, 5.74) is 0. The quantitative estimate of drug-likeness (QED) is 0.891. The van der Waals surface area contributed by atoms with Crippen LogP contribution in [0.3, 0.4) is 0 Å². The smallest absolute Gasteiger partial charge is 0.120 e. The van der Waals surface area contributed by atoms with Crippen molar-refractivity contribution in [2.24, 2.45) is 0 Å². The van der Waals surface area contributed by atoms with Crippen LogP contribution >= 0.6 is 0 Å². The molecule has 2 bridgehead atoms. The highest BCUT2D eigenvalue weighted by Gasteiger charge is 2.36. The molecule has 0 aliphatic carbocycles. The molecule has 3 rings (SSSR count). The second kappa shape index (κ2) is 5.06. The highest BCUT2D eigenvalue weighted by atomic mass is 16.3. The largest absolute Gasteiger partial charge is 0.468 e. The van der Waals surface area contributed by atoms with Gasteiger partial charge in [0.25, 0.3) is 0 Å². The molecular weight excluding hydrogens is 224 g/mol. The van der Waals surface area contributed by atoms with Gasteiger partial charge in [0.15, 0.2) is 0 Å². The SMILES string of the molecule is CC(NC1CC2CCCC(C1)N2C)c1ccco1. The highest BCUT2D eigenvalue weighted by molar-refractivity contribution is 5.04. The van der Waals surface area contributed by atoms with Crippen molar-refractivity contribution in [2.45, 2.75) is 63.2 Å². The van der Waals surface area contributed by atoms with Crippen LogP contribution < -0.4 is 5.32 Å². The molecule has 3 heteroatoms. The van der Waals surface area contributed by atoms with Crippen molar-refractivity contribution in [2.75, 3.05) is 7.05 Å². The summed E-state index contributed by atoms with van der Waals surface area (Å²) in [6, 6.07) is 6.59. The minimum atomic E-state index is 0.328. The zero-order valence-corrected chi connectivity index (χ0v) is 11.4. The summed E-state index contributed by atoms with van der Waals surface area (Å²) in [6.07, 6.45) is 8.51. The van der Waals surface area contributed by atoms with Gasteiger partial charge in [0.05, 0.1) is 12.3 Å². The molecule has 3 heterocycles. The fraction of sp³-hybridized carbons (Fsp3) is 0.733. The van der Waals surface area contributed by atoms with Crippen LogP contribution in [-0.2, 0) is 0 Å². The Morgan fingerprint density at radius 3 is 2.67 bits per heavy atom. The Balaban J connectivity index is 1.61. The molecule has 2 saturated heterocycles. The first-order chi connectivity index (χ1) is 8.74. The van der Waals surface area contributed by atoms with E-state index in [-0.39, 0.29) is 0 Å². The predicted octanol–water partition coefficient (Wildman–Crippen LogP) is 2.95. The van der Waals surface area contributed by atoms with E-state index in [0.717, 1.165) is 17.8 Å². The zero-order valence-electron chi connectivity index (χ0n) is 11.4. The van der Waals surface area contributed by atoms with Crippen LogP contribution in [0.1, 0.15) is 50.8 Å². The van der Waals surface area contributed by atoms with Gasteiger partial charge >= 0.3 is 0 Å². The van der Waals surface area contributed by atoms with Gasteiger partial charge in [-0.1, -0.05) is 6.42 Å². The number of rotatable bonds is 3. The van der Waals surface area contributed by atoms with Gasteiger partial charge in [0.2, 0.25) is 0 Å². The lowest BCUT2D eigenvalue weighted by Gasteiger charge is -2.47. The predicted molar refractivity (Wildman–Crippen MR) is 72.5 cm³/mol. The van der Waals surface area contributed by atoms with Crippen molar-refractivity contribution in [3.05, 3.63) is 24.2 Å². The van der Waals surface area contributed by atoms with E-state index in [1.165, 1.54) is 32.1 Å². The zero-order chi connectivity index (χ0) is 12.5. The van der Waals surface area contributed by atoms with Crippen LogP contribution in [-0.4, -0.2) is 30.1 Å². The van der Waals surface area contributed by atoms with E-state index >= 15 is 0 Å². The standard InChI is InChI=1S/C15H24N2O/c1-11(15-7-4-8-18-15)16-12-9-13-5-3-6-14(10-12)17(13)2/h4,7-8,11-14,16H,3,5-6,9-10H2,1-2H3. The van der Waals surface area contributed by atoms with Crippen LogP contribution in [0.25, 0.3) is 0 Å². The van der Waals surface area contributed by atoms with E-state index in [0.29, 0.717) is 12.1 Å². The Morgan fingerprint density at radius 1 is 1.33 bits per heavy atom. The van der Waals surface area contributed by atoms with Gasteiger partial charge < -0.3 is 14.6 Å². The molecule has 3 atom stereocenters. The van der Waals surface area contributed by atoms with Gasteiger partial charge in [-0.15, -0.1) is 0 Å². The van der Waals surface area contributed by atoms with Crippen molar-refractivity contribution < 1.29 is 4.42 Å². The maximum Gasteiger partial charge on any atom is 0.120 e. The molecule has 3 nitrogen and oxygen atoms in total. The Hall–Kier alpha value is -0.800. The topological polar surface area (TPSA) is 28.4 Å². The second-order valence-electron chi connectivity index (χ2n) is 5.98. The molecule has 18 heavy (non-hydrogen) atoms. The van der Waals surface area contributed by atoms with Crippen LogP contribution in [0.4, 0.5) is 0 Å². The maximum atomic E-state index is 5.48. The van der Waals surface area contributed by atoms with E-state index in [1.54, 1.807) is 6.26 Å². The lowest BCUT2D eigenvalue weighted by molar-refractivity contribution is 0.0456. The summed E-state index contributed by atoms with van der Waals surface area (Å²) in [6.45, 7) is 2.20. The average Bonchev–Trinajstić information content (AvgIpc) is 2.84. The summed E-state index contributed by atoms with van der Waals surface area (Å²) >= 11 is 0. The third kappa shape index (κ3) is 2.34. The Kier molecular flexibility index (Phi) is 3.44. The van der Waals surface area contributed by atoms with Crippen LogP contribution in [0.15, 0.2) is 22.8 Å². The van der Waals surface area contributed by atoms with Crippen LogP contribution in [0.5, 0.6) is 0 Å². The van der Waals surface area contributed by atoms with Gasteiger partial charge in [-0.2, -0.15) is 0 Å². The molecule has 2 fully saturated rings. The monoisotopic (exact) mass is 248 g/mol. The fourth-order valence-corrected chi connectivity index (χ4v) is 3.73. The second-order valence-corrected chi connectivity index (χ2v) is 5.98. The first kappa shape index (κ1) is 12.2. The Bertz CT molecular complexity index is 362. The van der Waals surface area contributed by atoms with Gasteiger partial charge in [-0.3, -0.25) is 0 Å². The maximum absolute atomic E-state index is 5.48. The third-order valence-electron chi connectivity index (χ3n) is 4.80. The van der Waals surface area contributed by atoms with E-state index < -0.39 is 0 Å². The normalized spacial score (nSPS) is 34.4. The van der Waals surface area contributed by atoms with Gasteiger partial charge in [0, 0.05) is 18.1 Å². The Labute approximate surface area is 110 Å². The minimum Gasteiger partial charge on any atom is -0.468 e. The molecule has 0 spiro atoms. The lowest BCUT2D eigenvalue weighted by Crippen LogP contribution is -2.54. The summed E-state index contributed by atoms with van der Waals surface area (Å²) < 4.78 is 5.48. The third-order valence-corrected chi connectivity index (χ3v) is 4.80. The molecule has 0 amide bonds. The fourth-order valence-electron chi connectivity index (χ4n) is 3.73. The van der Waals surface area contributed by atoms with Crippen molar-refractivity contribution in [1.82, 2.24) is 10.2 Å². The molecule has 0 saturated carbocycles.